The number of hydrogen-bond donors (Lipinski definition) is 0. The largest absolute Gasteiger partial charge is 0.338 e. The summed E-state index contributed by atoms with van der Waals surface area (Å²) < 4.78 is 0. The van der Waals surface area contributed by atoms with E-state index in [4.69, 9.17) is 0 Å². The Bertz CT molecular complexity index is 623. The van der Waals surface area contributed by atoms with Crippen LogP contribution in [0.15, 0.2) is 30.3 Å². The number of urea groups is 1. The zero-order valence-electron chi connectivity index (χ0n) is 15.8. The van der Waals surface area contributed by atoms with Crippen molar-refractivity contribution in [1.82, 2.24) is 14.7 Å². The van der Waals surface area contributed by atoms with Gasteiger partial charge in [-0.1, -0.05) is 30.3 Å². The van der Waals surface area contributed by atoms with Gasteiger partial charge in [-0.3, -0.25) is 4.79 Å². The molecule has 3 amide bonds. The average molecular weight is 376 g/mol. The minimum atomic E-state index is 0.0645. The van der Waals surface area contributed by atoms with Crippen LogP contribution in [0.5, 0.6) is 0 Å². The number of piperidine rings is 1. The number of rotatable bonds is 5. The van der Waals surface area contributed by atoms with Crippen molar-refractivity contribution in [3.05, 3.63) is 35.9 Å². The van der Waals surface area contributed by atoms with Gasteiger partial charge in [-0.05, 0) is 24.3 Å². The van der Waals surface area contributed by atoms with Crippen molar-refractivity contribution >= 4 is 23.7 Å². The van der Waals surface area contributed by atoms with Crippen molar-refractivity contribution in [3.63, 3.8) is 0 Å². The van der Waals surface area contributed by atoms with Gasteiger partial charge in [0.2, 0.25) is 5.91 Å². The highest BCUT2D eigenvalue weighted by molar-refractivity contribution is 7.98. The molecule has 0 N–H and O–H groups in total. The van der Waals surface area contributed by atoms with Crippen LogP contribution >= 0.6 is 11.8 Å². The predicted molar refractivity (Wildman–Crippen MR) is 106 cm³/mol. The molecule has 3 aliphatic rings. The number of benzene rings is 1. The van der Waals surface area contributed by atoms with Gasteiger partial charge < -0.3 is 14.7 Å². The molecule has 6 heteroatoms. The lowest BCUT2D eigenvalue weighted by Crippen LogP contribution is -2.48. The molecule has 5 nitrogen and oxygen atoms in total. The number of fused-ring (bicyclic) bond motifs is 4. The fraction of sp³-hybridized carbons (Fsp3) is 0.600. The maximum Gasteiger partial charge on any atom is 0.319 e. The Kier molecular flexibility index (Phi) is 6.46. The first-order valence-corrected chi connectivity index (χ1v) is 10.6. The minimum absolute atomic E-state index is 0.0645. The van der Waals surface area contributed by atoms with Crippen molar-refractivity contribution in [1.29, 1.82) is 0 Å². The quantitative estimate of drug-likeness (QED) is 0.743. The molecular weight excluding hydrogens is 346 g/mol. The summed E-state index contributed by atoms with van der Waals surface area (Å²) in [4.78, 5) is 30.7. The third kappa shape index (κ3) is 4.72. The lowest BCUT2D eigenvalue weighted by Gasteiger charge is -2.36. The molecule has 0 aliphatic carbocycles. The van der Waals surface area contributed by atoms with E-state index in [1.165, 1.54) is 5.56 Å². The second-order valence-electron chi connectivity index (χ2n) is 7.51. The molecule has 0 unspecified atom stereocenters. The first-order valence-electron chi connectivity index (χ1n) is 9.42. The molecule has 26 heavy (non-hydrogen) atoms. The summed E-state index contributed by atoms with van der Waals surface area (Å²) in [6, 6.07) is 10.6. The fourth-order valence-corrected chi connectivity index (χ4v) is 4.79. The van der Waals surface area contributed by atoms with E-state index in [1.807, 2.05) is 22.7 Å². The maximum absolute atomic E-state index is 12.8. The Morgan fingerprint density at radius 1 is 1.12 bits per heavy atom. The molecule has 0 aromatic heterocycles. The number of hydrogen-bond acceptors (Lipinski definition) is 3. The van der Waals surface area contributed by atoms with Gasteiger partial charge in [-0.25, -0.2) is 4.79 Å². The van der Waals surface area contributed by atoms with E-state index in [0.717, 1.165) is 37.4 Å². The van der Waals surface area contributed by atoms with Crippen LogP contribution in [0, 0.1) is 5.92 Å². The van der Waals surface area contributed by atoms with Crippen LogP contribution in [0.1, 0.15) is 24.8 Å². The van der Waals surface area contributed by atoms with Crippen molar-refractivity contribution in [3.8, 4) is 0 Å². The molecule has 0 radical (unpaired) electrons. The van der Waals surface area contributed by atoms with E-state index in [-0.39, 0.29) is 18.0 Å². The summed E-state index contributed by atoms with van der Waals surface area (Å²) in [7, 11) is 3.59. The van der Waals surface area contributed by atoms with E-state index < -0.39 is 0 Å². The summed E-state index contributed by atoms with van der Waals surface area (Å²) in [5.41, 5.74) is 1.30. The number of carbonyl (C=O) groups is 2. The Labute approximate surface area is 160 Å². The average Bonchev–Trinajstić information content (AvgIpc) is 2.97. The molecule has 2 atom stereocenters. The Balaban J connectivity index is 1.49. The molecule has 0 spiro atoms. The van der Waals surface area contributed by atoms with Crippen molar-refractivity contribution in [2.45, 2.75) is 31.1 Å². The standard InChI is InChI=1S/C20H29N3O2S/c1-21(2)20(25)22-12-17-8-9-18(14-22)23(13-17)19(24)10-11-26-15-16-6-4-3-5-7-16/h3-7,17-18H,8-15H2,1-2H3/t17-,18+/m0/s1. The molecule has 2 bridgehead atoms. The van der Waals surface area contributed by atoms with Crippen LogP contribution in [0.4, 0.5) is 4.79 Å². The summed E-state index contributed by atoms with van der Waals surface area (Å²) in [5.74, 6) is 2.46. The van der Waals surface area contributed by atoms with E-state index in [9.17, 15) is 9.59 Å². The lowest BCUT2D eigenvalue weighted by molar-refractivity contribution is -0.134. The van der Waals surface area contributed by atoms with Crippen LogP contribution < -0.4 is 0 Å². The predicted octanol–water partition coefficient (Wildman–Crippen LogP) is 2.91. The summed E-state index contributed by atoms with van der Waals surface area (Å²) in [6.45, 7) is 2.26. The van der Waals surface area contributed by atoms with Crippen LogP contribution in [0.25, 0.3) is 0 Å². The summed E-state index contributed by atoms with van der Waals surface area (Å²) >= 11 is 1.81. The van der Waals surface area contributed by atoms with Crippen molar-refractivity contribution < 1.29 is 9.59 Å². The van der Waals surface area contributed by atoms with Crippen LogP contribution in [-0.2, 0) is 10.5 Å². The van der Waals surface area contributed by atoms with Crippen molar-refractivity contribution in [2.24, 2.45) is 5.92 Å². The summed E-state index contributed by atoms with van der Waals surface area (Å²) in [5, 5.41) is 0. The fourth-order valence-electron chi connectivity index (χ4n) is 3.89. The zero-order valence-corrected chi connectivity index (χ0v) is 16.6. The topological polar surface area (TPSA) is 43.9 Å². The molecule has 1 aromatic rings. The van der Waals surface area contributed by atoms with E-state index in [2.05, 4.69) is 29.2 Å². The third-order valence-corrected chi connectivity index (χ3v) is 6.29. The monoisotopic (exact) mass is 375 g/mol. The van der Waals surface area contributed by atoms with Gasteiger partial charge in [0.05, 0.1) is 0 Å². The highest BCUT2D eigenvalue weighted by Gasteiger charge is 2.38. The van der Waals surface area contributed by atoms with Gasteiger partial charge in [0, 0.05) is 57.7 Å². The molecule has 3 aliphatic heterocycles. The molecular formula is C20H29N3O2S. The van der Waals surface area contributed by atoms with Gasteiger partial charge >= 0.3 is 6.03 Å². The smallest absolute Gasteiger partial charge is 0.319 e. The van der Waals surface area contributed by atoms with E-state index in [1.54, 1.807) is 19.0 Å². The Hall–Kier alpha value is -1.69. The summed E-state index contributed by atoms with van der Waals surface area (Å²) in [6.07, 6.45) is 2.72. The number of thioether (sulfide) groups is 1. The highest BCUT2D eigenvalue weighted by atomic mass is 32.2. The second-order valence-corrected chi connectivity index (χ2v) is 8.62. The third-order valence-electron chi connectivity index (χ3n) is 5.26. The molecule has 0 saturated carbocycles. The molecule has 142 valence electrons. The number of carbonyl (C=O) groups excluding carboxylic acids is 2. The maximum atomic E-state index is 12.8. The Morgan fingerprint density at radius 3 is 2.62 bits per heavy atom. The lowest BCUT2D eigenvalue weighted by atomic mass is 9.95. The molecule has 3 fully saturated rings. The van der Waals surface area contributed by atoms with Gasteiger partial charge in [-0.15, -0.1) is 0 Å². The highest BCUT2D eigenvalue weighted by Crippen LogP contribution is 2.29. The minimum Gasteiger partial charge on any atom is -0.338 e. The molecule has 3 heterocycles. The second kappa shape index (κ2) is 8.80. The van der Waals surface area contributed by atoms with Crippen LogP contribution in [0.2, 0.25) is 0 Å². The van der Waals surface area contributed by atoms with Crippen LogP contribution in [-0.4, -0.2) is 72.2 Å². The first kappa shape index (κ1) is 19.1. The Morgan fingerprint density at radius 2 is 1.88 bits per heavy atom. The van der Waals surface area contributed by atoms with Gasteiger partial charge in [0.25, 0.3) is 0 Å². The molecule has 3 saturated heterocycles. The normalized spacial score (nSPS) is 22.2. The number of nitrogens with zero attached hydrogens (tertiary/aromatic N) is 3. The van der Waals surface area contributed by atoms with E-state index >= 15 is 0 Å². The molecule has 4 rings (SSSR count). The van der Waals surface area contributed by atoms with Gasteiger partial charge in [0.1, 0.15) is 0 Å². The first-order chi connectivity index (χ1) is 12.5. The van der Waals surface area contributed by atoms with Crippen LogP contribution in [0.3, 0.4) is 0 Å². The van der Waals surface area contributed by atoms with Crippen molar-refractivity contribution in [2.75, 3.05) is 39.5 Å². The van der Waals surface area contributed by atoms with Gasteiger partial charge in [-0.2, -0.15) is 11.8 Å². The SMILES string of the molecule is CN(C)C(=O)N1C[C@@H]2CC[C@H](C1)N(C(=O)CCSCc1ccccc1)C2. The zero-order chi connectivity index (χ0) is 18.5. The van der Waals surface area contributed by atoms with E-state index in [0.29, 0.717) is 18.9 Å². The van der Waals surface area contributed by atoms with Gasteiger partial charge in [0.15, 0.2) is 0 Å². The number of amides is 3. The molecule has 1 aromatic carbocycles.